The molecule has 0 fully saturated rings. The van der Waals surface area contributed by atoms with Gasteiger partial charge >= 0.3 is 5.76 Å². The van der Waals surface area contributed by atoms with Gasteiger partial charge in [0.05, 0.1) is 10.9 Å². The molecule has 1 heterocycles. The summed E-state index contributed by atoms with van der Waals surface area (Å²) in [5.41, 5.74) is 0.505. The molecule has 1 aromatic heterocycles. The van der Waals surface area contributed by atoms with E-state index in [9.17, 15) is 18.0 Å². The fraction of sp³-hybridized carbons (Fsp3) is 0.0714. The Morgan fingerprint density at radius 2 is 1.76 bits per heavy atom. The molecular formula is C14H7ClF3NO2. The van der Waals surface area contributed by atoms with Crippen LogP contribution in [-0.2, 0) is 0 Å². The number of rotatable bonds is 2. The highest BCUT2D eigenvalue weighted by molar-refractivity contribution is 6.22. The van der Waals surface area contributed by atoms with E-state index in [1.807, 2.05) is 0 Å². The summed E-state index contributed by atoms with van der Waals surface area (Å²) in [6.07, 6.45) is 0. The van der Waals surface area contributed by atoms with E-state index in [0.717, 1.165) is 0 Å². The SMILES string of the molecule is O=c1[nH]c2ccc(C(Cl)c3c(F)cc(F)cc3F)cc2o1. The van der Waals surface area contributed by atoms with Crippen molar-refractivity contribution < 1.29 is 17.6 Å². The molecule has 0 radical (unpaired) electrons. The summed E-state index contributed by atoms with van der Waals surface area (Å²) in [4.78, 5) is 13.5. The Labute approximate surface area is 121 Å². The molecule has 21 heavy (non-hydrogen) atoms. The normalized spacial score (nSPS) is 12.8. The lowest BCUT2D eigenvalue weighted by Gasteiger charge is -2.12. The van der Waals surface area contributed by atoms with Gasteiger partial charge < -0.3 is 4.42 Å². The number of aromatic nitrogens is 1. The summed E-state index contributed by atoms with van der Waals surface area (Å²) in [6.45, 7) is 0. The highest BCUT2D eigenvalue weighted by Crippen LogP contribution is 2.34. The van der Waals surface area contributed by atoms with Crippen LogP contribution in [0.25, 0.3) is 11.1 Å². The second kappa shape index (κ2) is 4.96. The van der Waals surface area contributed by atoms with E-state index in [-0.39, 0.29) is 5.58 Å². The maximum Gasteiger partial charge on any atom is 0.417 e. The third kappa shape index (κ3) is 2.42. The van der Waals surface area contributed by atoms with E-state index in [0.29, 0.717) is 23.2 Å². The number of oxazole rings is 1. The van der Waals surface area contributed by atoms with Gasteiger partial charge in [0.2, 0.25) is 0 Å². The van der Waals surface area contributed by atoms with E-state index in [1.165, 1.54) is 18.2 Å². The lowest BCUT2D eigenvalue weighted by Crippen LogP contribution is -2.02. The second-order valence-electron chi connectivity index (χ2n) is 4.42. The van der Waals surface area contributed by atoms with Crippen molar-refractivity contribution in [3.05, 3.63) is 69.5 Å². The Balaban J connectivity index is 2.11. The van der Waals surface area contributed by atoms with Crippen LogP contribution < -0.4 is 5.76 Å². The van der Waals surface area contributed by atoms with Gasteiger partial charge in [-0.05, 0) is 17.7 Å². The average molecular weight is 314 g/mol. The summed E-state index contributed by atoms with van der Waals surface area (Å²) in [6, 6.07) is 5.51. The van der Waals surface area contributed by atoms with Crippen molar-refractivity contribution >= 4 is 22.7 Å². The van der Waals surface area contributed by atoms with Gasteiger partial charge in [-0.2, -0.15) is 0 Å². The summed E-state index contributed by atoms with van der Waals surface area (Å²) in [7, 11) is 0. The molecule has 1 atom stereocenters. The third-order valence-corrected chi connectivity index (χ3v) is 3.51. The molecule has 3 rings (SSSR count). The largest absolute Gasteiger partial charge is 0.417 e. The van der Waals surface area contributed by atoms with Crippen molar-refractivity contribution in [2.75, 3.05) is 0 Å². The van der Waals surface area contributed by atoms with Crippen LogP contribution in [0.4, 0.5) is 13.2 Å². The van der Waals surface area contributed by atoms with E-state index in [1.54, 1.807) is 0 Å². The standard InChI is InChI=1S/C14H7ClF3NO2/c15-13(12-8(17)4-7(16)5-9(12)18)6-1-2-10-11(3-6)21-14(20)19-10/h1-5,13H,(H,19,20). The summed E-state index contributed by atoms with van der Waals surface area (Å²) >= 11 is 6.07. The van der Waals surface area contributed by atoms with Crippen LogP contribution in [-0.4, -0.2) is 4.98 Å². The first-order chi connectivity index (χ1) is 9.95. The number of fused-ring (bicyclic) bond motifs is 1. The van der Waals surface area contributed by atoms with Crippen LogP contribution in [0.15, 0.2) is 39.5 Å². The van der Waals surface area contributed by atoms with Gasteiger partial charge in [-0.15, -0.1) is 11.6 Å². The van der Waals surface area contributed by atoms with Crippen LogP contribution in [0.2, 0.25) is 0 Å². The number of benzene rings is 2. The van der Waals surface area contributed by atoms with Crippen molar-refractivity contribution in [3.63, 3.8) is 0 Å². The Bertz CT molecular complexity index is 864. The van der Waals surface area contributed by atoms with Gasteiger partial charge in [-0.3, -0.25) is 4.98 Å². The van der Waals surface area contributed by atoms with Crippen molar-refractivity contribution in [1.82, 2.24) is 4.98 Å². The Morgan fingerprint density at radius 3 is 2.43 bits per heavy atom. The number of alkyl halides is 1. The summed E-state index contributed by atoms with van der Waals surface area (Å²) in [5.74, 6) is -3.83. The molecule has 0 saturated carbocycles. The maximum atomic E-state index is 13.7. The molecule has 2 aromatic carbocycles. The predicted octanol–water partition coefficient (Wildman–Crippen LogP) is 3.87. The van der Waals surface area contributed by atoms with Gasteiger partial charge in [0.1, 0.15) is 17.5 Å². The molecule has 0 saturated heterocycles. The monoisotopic (exact) mass is 313 g/mol. The van der Waals surface area contributed by atoms with Gasteiger partial charge in [0.15, 0.2) is 5.58 Å². The third-order valence-electron chi connectivity index (χ3n) is 3.03. The van der Waals surface area contributed by atoms with E-state index >= 15 is 0 Å². The molecule has 108 valence electrons. The van der Waals surface area contributed by atoms with Gasteiger partial charge in [-0.25, -0.2) is 18.0 Å². The lowest BCUT2D eigenvalue weighted by atomic mass is 10.0. The first-order valence-electron chi connectivity index (χ1n) is 5.87. The fourth-order valence-corrected chi connectivity index (χ4v) is 2.43. The average Bonchev–Trinajstić information content (AvgIpc) is 2.76. The highest BCUT2D eigenvalue weighted by Gasteiger charge is 2.22. The van der Waals surface area contributed by atoms with E-state index in [4.69, 9.17) is 16.0 Å². The molecule has 0 bridgehead atoms. The zero-order valence-electron chi connectivity index (χ0n) is 10.3. The topological polar surface area (TPSA) is 46.0 Å². The van der Waals surface area contributed by atoms with Gasteiger partial charge in [0.25, 0.3) is 0 Å². The number of hydrogen-bond donors (Lipinski definition) is 1. The number of hydrogen-bond acceptors (Lipinski definition) is 2. The lowest BCUT2D eigenvalue weighted by molar-refractivity contribution is 0.526. The van der Waals surface area contributed by atoms with Gasteiger partial charge in [0, 0.05) is 17.7 Å². The molecule has 0 spiro atoms. The number of aromatic amines is 1. The van der Waals surface area contributed by atoms with Crippen molar-refractivity contribution in [2.24, 2.45) is 0 Å². The maximum absolute atomic E-state index is 13.7. The number of halogens is 4. The molecular weight excluding hydrogens is 307 g/mol. The molecule has 3 aromatic rings. The second-order valence-corrected chi connectivity index (χ2v) is 4.85. The predicted molar refractivity (Wildman–Crippen MR) is 70.8 cm³/mol. The van der Waals surface area contributed by atoms with Crippen LogP contribution in [0.3, 0.4) is 0 Å². The van der Waals surface area contributed by atoms with Crippen LogP contribution >= 0.6 is 11.6 Å². The first-order valence-corrected chi connectivity index (χ1v) is 6.30. The van der Waals surface area contributed by atoms with Gasteiger partial charge in [-0.1, -0.05) is 6.07 Å². The minimum Gasteiger partial charge on any atom is -0.408 e. The van der Waals surface area contributed by atoms with Crippen molar-refractivity contribution in [1.29, 1.82) is 0 Å². The highest BCUT2D eigenvalue weighted by atomic mass is 35.5. The van der Waals surface area contributed by atoms with Crippen molar-refractivity contribution in [2.45, 2.75) is 5.38 Å². The zero-order valence-corrected chi connectivity index (χ0v) is 11.0. The first kappa shape index (κ1) is 13.8. The Morgan fingerprint density at radius 1 is 1.10 bits per heavy atom. The van der Waals surface area contributed by atoms with Crippen LogP contribution in [0.5, 0.6) is 0 Å². The molecule has 0 aliphatic rings. The molecule has 0 amide bonds. The number of H-pyrrole nitrogens is 1. The summed E-state index contributed by atoms with van der Waals surface area (Å²) < 4.78 is 45.2. The Kier molecular flexibility index (Phi) is 3.25. The minimum atomic E-state index is -1.18. The van der Waals surface area contributed by atoms with Crippen molar-refractivity contribution in [3.8, 4) is 0 Å². The van der Waals surface area contributed by atoms with Crippen LogP contribution in [0, 0.1) is 17.5 Å². The van der Waals surface area contributed by atoms with E-state index < -0.39 is 34.1 Å². The molecule has 7 heteroatoms. The molecule has 0 aliphatic carbocycles. The fourth-order valence-electron chi connectivity index (χ4n) is 2.08. The molecule has 1 unspecified atom stereocenters. The minimum absolute atomic E-state index is 0.214. The summed E-state index contributed by atoms with van der Waals surface area (Å²) in [5, 5.41) is -1.18. The smallest absolute Gasteiger partial charge is 0.408 e. The molecule has 0 aliphatic heterocycles. The zero-order chi connectivity index (χ0) is 15.1. The number of nitrogens with one attached hydrogen (secondary N) is 1. The molecule has 3 nitrogen and oxygen atoms in total. The molecule has 1 N–H and O–H groups in total. The quantitative estimate of drug-likeness (QED) is 0.730. The van der Waals surface area contributed by atoms with Crippen LogP contribution in [0.1, 0.15) is 16.5 Å². The van der Waals surface area contributed by atoms with E-state index in [2.05, 4.69) is 4.98 Å². The Hall–Kier alpha value is -2.21.